The highest BCUT2D eigenvalue weighted by molar-refractivity contribution is 7.92. The Morgan fingerprint density at radius 3 is 2.47 bits per heavy atom. The highest BCUT2D eigenvalue weighted by atomic mass is 32.2. The highest BCUT2D eigenvalue weighted by Gasteiger charge is 2.39. The molecule has 1 aromatic carbocycles. The summed E-state index contributed by atoms with van der Waals surface area (Å²) in [5.74, 6) is 0. The normalized spacial score (nSPS) is 26.1. The second-order valence-corrected chi connectivity index (χ2v) is 6.71. The number of nitrogens with one attached hydrogen (secondary N) is 1. The number of rotatable bonds is 1. The summed E-state index contributed by atoms with van der Waals surface area (Å²) < 4.78 is 24.8. The van der Waals surface area contributed by atoms with Crippen molar-refractivity contribution in [1.29, 1.82) is 0 Å². The molecule has 1 aliphatic rings. The van der Waals surface area contributed by atoms with E-state index < -0.39 is 15.1 Å². The first-order valence-electron chi connectivity index (χ1n) is 5.61. The molecule has 1 aliphatic heterocycles. The maximum absolute atomic E-state index is 12.4. The lowest BCUT2D eigenvalue weighted by atomic mass is 10.1. The average Bonchev–Trinajstić information content (AvgIpc) is 2.22. The molecule has 94 valence electrons. The molecule has 0 saturated heterocycles. The molecule has 0 saturated carbocycles. The van der Waals surface area contributed by atoms with Crippen molar-refractivity contribution >= 4 is 15.5 Å². The molecule has 2 atom stereocenters. The first-order valence-corrected chi connectivity index (χ1v) is 7.15. The standard InChI is InChI=1S/C12H17NO3S/c1-7-4-5-8(2)12-11(7)13-9(3)10(6-14)17(12,15)16/h4-5,9-10,13-14H,6H2,1-3H3. The fraction of sp³-hybridized carbons (Fsp3) is 0.500. The van der Waals surface area contributed by atoms with Gasteiger partial charge in [-0.05, 0) is 31.9 Å². The van der Waals surface area contributed by atoms with Crippen molar-refractivity contribution in [2.45, 2.75) is 37.0 Å². The van der Waals surface area contributed by atoms with Gasteiger partial charge in [0.05, 0.1) is 17.2 Å². The zero-order valence-electron chi connectivity index (χ0n) is 10.2. The molecule has 2 N–H and O–H groups in total. The second kappa shape index (κ2) is 3.99. The minimum absolute atomic E-state index is 0.280. The molecule has 4 nitrogen and oxygen atoms in total. The van der Waals surface area contributed by atoms with Crippen LogP contribution in [0.25, 0.3) is 0 Å². The molecule has 0 bridgehead atoms. The van der Waals surface area contributed by atoms with E-state index in [1.807, 2.05) is 13.0 Å². The number of sulfone groups is 1. The number of benzene rings is 1. The fourth-order valence-corrected chi connectivity index (χ4v) is 4.45. The van der Waals surface area contributed by atoms with Gasteiger partial charge in [0.1, 0.15) is 5.25 Å². The van der Waals surface area contributed by atoms with Gasteiger partial charge in [0.2, 0.25) is 0 Å². The van der Waals surface area contributed by atoms with Crippen LogP contribution in [-0.2, 0) is 9.84 Å². The van der Waals surface area contributed by atoms with Crippen LogP contribution in [0.5, 0.6) is 0 Å². The Kier molecular flexibility index (Phi) is 2.91. The van der Waals surface area contributed by atoms with Crippen LogP contribution in [0.1, 0.15) is 18.1 Å². The van der Waals surface area contributed by atoms with Gasteiger partial charge in [-0.3, -0.25) is 0 Å². The number of aliphatic hydroxyl groups is 1. The molecule has 1 aromatic rings. The number of aryl methyl sites for hydroxylation is 2. The summed E-state index contributed by atoms with van der Waals surface area (Å²) >= 11 is 0. The van der Waals surface area contributed by atoms with Crippen LogP contribution < -0.4 is 5.32 Å². The van der Waals surface area contributed by atoms with Crippen molar-refractivity contribution in [2.75, 3.05) is 11.9 Å². The molecule has 0 fully saturated rings. The first kappa shape index (κ1) is 12.4. The summed E-state index contributed by atoms with van der Waals surface area (Å²) in [6.07, 6.45) is 0. The predicted molar refractivity (Wildman–Crippen MR) is 67.1 cm³/mol. The number of anilines is 1. The van der Waals surface area contributed by atoms with E-state index in [4.69, 9.17) is 0 Å². The Labute approximate surface area is 102 Å². The quantitative estimate of drug-likeness (QED) is 0.792. The van der Waals surface area contributed by atoms with Crippen LogP contribution in [0.3, 0.4) is 0 Å². The molecule has 0 amide bonds. The topological polar surface area (TPSA) is 66.4 Å². The minimum Gasteiger partial charge on any atom is -0.395 e. The third-order valence-electron chi connectivity index (χ3n) is 3.36. The Morgan fingerprint density at radius 2 is 1.88 bits per heavy atom. The van der Waals surface area contributed by atoms with Gasteiger partial charge in [-0.1, -0.05) is 12.1 Å². The van der Waals surface area contributed by atoms with Gasteiger partial charge in [0.15, 0.2) is 9.84 Å². The van der Waals surface area contributed by atoms with Crippen molar-refractivity contribution in [1.82, 2.24) is 0 Å². The Hall–Kier alpha value is -1.07. The summed E-state index contributed by atoms with van der Waals surface area (Å²) in [5, 5.41) is 11.7. The molecule has 0 aliphatic carbocycles. The lowest BCUT2D eigenvalue weighted by Gasteiger charge is -2.33. The number of hydrogen-bond acceptors (Lipinski definition) is 4. The van der Waals surface area contributed by atoms with Crippen LogP contribution in [-0.4, -0.2) is 31.4 Å². The maximum atomic E-state index is 12.4. The third-order valence-corrected chi connectivity index (χ3v) is 5.81. The highest BCUT2D eigenvalue weighted by Crippen LogP contribution is 2.36. The lowest BCUT2D eigenvalue weighted by molar-refractivity contribution is 0.281. The molecule has 2 unspecified atom stereocenters. The van der Waals surface area contributed by atoms with Crippen molar-refractivity contribution in [3.63, 3.8) is 0 Å². The molecule has 5 heteroatoms. The maximum Gasteiger partial charge on any atom is 0.187 e. The monoisotopic (exact) mass is 255 g/mol. The molecular formula is C12H17NO3S. The summed E-state index contributed by atoms with van der Waals surface area (Å²) in [6, 6.07) is 3.43. The molecule has 0 spiro atoms. The predicted octanol–water partition coefficient (Wildman–Crippen LogP) is 1.25. The van der Waals surface area contributed by atoms with E-state index in [1.165, 1.54) is 0 Å². The van der Waals surface area contributed by atoms with E-state index in [2.05, 4.69) is 5.32 Å². The molecule has 0 radical (unpaired) electrons. The van der Waals surface area contributed by atoms with Crippen LogP contribution in [0.2, 0.25) is 0 Å². The van der Waals surface area contributed by atoms with E-state index in [0.29, 0.717) is 10.6 Å². The molecule has 2 rings (SSSR count). The van der Waals surface area contributed by atoms with Crippen LogP contribution in [0.15, 0.2) is 17.0 Å². The van der Waals surface area contributed by atoms with Gasteiger partial charge in [-0.2, -0.15) is 0 Å². The van der Waals surface area contributed by atoms with Gasteiger partial charge >= 0.3 is 0 Å². The minimum atomic E-state index is -3.45. The van der Waals surface area contributed by atoms with Crippen molar-refractivity contribution in [2.24, 2.45) is 0 Å². The molecule has 1 heterocycles. The largest absolute Gasteiger partial charge is 0.395 e. The summed E-state index contributed by atoms with van der Waals surface area (Å²) in [4.78, 5) is 0.342. The Balaban J connectivity index is 2.75. The SMILES string of the molecule is Cc1ccc(C)c2c1NC(C)C(CO)S2(=O)=O. The fourth-order valence-electron chi connectivity index (χ4n) is 2.33. The lowest BCUT2D eigenvalue weighted by Crippen LogP contribution is -2.44. The van der Waals surface area contributed by atoms with Crippen molar-refractivity contribution in [3.05, 3.63) is 23.3 Å². The number of aliphatic hydroxyl groups excluding tert-OH is 1. The first-order chi connectivity index (χ1) is 7.89. The van der Waals surface area contributed by atoms with E-state index in [1.54, 1.807) is 19.9 Å². The number of fused-ring (bicyclic) bond motifs is 1. The molecule has 0 aromatic heterocycles. The average molecular weight is 255 g/mol. The van der Waals surface area contributed by atoms with Crippen molar-refractivity contribution in [3.8, 4) is 0 Å². The van der Waals surface area contributed by atoms with Gasteiger partial charge in [-0.15, -0.1) is 0 Å². The van der Waals surface area contributed by atoms with Gasteiger partial charge in [-0.25, -0.2) is 8.42 Å². The zero-order valence-corrected chi connectivity index (χ0v) is 11.0. The van der Waals surface area contributed by atoms with Crippen LogP contribution in [0, 0.1) is 13.8 Å². The summed E-state index contributed by atoms with van der Waals surface area (Å²) in [6.45, 7) is 5.08. The third kappa shape index (κ3) is 1.73. The summed E-state index contributed by atoms with van der Waals surface area (Å²) in [7, 11) is -3.45. The van der Waals surface area contributed by atoms with E-state index >= 15 is 0 Å². The van der Waals surface area contributed by atoms with E-state index in [-0.39, 0.29) is 12.6 Å². The van der Waals surface area contributed by atoms with Crippen LogP contribution in [0.4, 0.5) is 5.69 Å². The summed E-state index contributed by atoms with van der Waals surface area (Å²) in [5.41, 5.74) is 2.32. The van der Waals surface area contributed by atoms with Gasteiger partial charge < -0.3 is 10.4 Å². The number of hydrogen-bond donors (Lipinski definition) is 2. The van der Waals surface area contributed by atoms with Gasteiger partial charge in [0.25, 0.3) is 0 Å². The smallest absolute Gasteiger partial charge is 0.187 e. The second-order valence-electron chi connectivity index (χ2n) is 4.60. The Bertz CT molecular complexity index is 551. The van der Waals surface area contributed by atoms with Gasteiger partial charge in [0, 0.05) is 6.04 Å². The zero-order chi connectivity index (χ0) is 12.8. The van der Waals surface area contributed by atoms with Crippen LogP contribution >= 0.6 is 0 Å². The van der Waals surface area contributed by atoms with E-state index in [9.17, 15) is 13.5 Å². The molecular weight excluding hydrogens is 238 g/mol. The Morgan fingerprint density at radius 1 is 1.29 bits per heavy atom. The molecule has 17 heavy (non-hydrogen) atoms. The van der Waals surface area contributed by atoms with E-state index in [0.717, 1.165) is 11.1 Å². The van der Waals surface area contributed by atoms with Crippen molar-refractivity contribution < 1.29 is 13.5 Å².